The molecule has 0 atom stereocenters. The summed E-state index contributed by atoms with van der Waals surface area (Å²) < 4.78 is 16.6. The number of nitrogens with zero attached hydrogens (tertiary/aromatic N) is 2. The van der Waals surface area contributed by atoms with Crippen LogP contribution in [0, 0.1) is 0 Å². The number of aliphatic imine (C=N–C) groups is 1. The minimum absolute atomic E-state index is 0. The summed E-state index contributed by atoms with van der Waals surface area (Å²) >= 11 is 0. The number of ether oxygens (including phenoxy) is 3. The van der Waals surface area contributed by atoms with Crippen molar-refractivity contribution in [2.75, 3.05) is 33.4 Å². The molecule has 0 amide bonds. The Hall–Kier alpha value is -2.07. The highest BCUT2D eigenvalue weighted by Gasteiger charge is 2.03. The van der Waals surface area contributed by atoms with E-state index in [4.69, 9.17) is 14.2 Å². The summed E-state index contributed by atoms with van der Waals surface area (Å²) in [6.07, 6.45) is 2.67. The van der Waals surface area contributed by atoms with Crippen LogP contribution in [0.3, 0.4) is 0 Å². The molecule has 1 aromatic carbocycles. The van der Waals surface area contributed by atoms with E-state index in [1.807, 2.05) is 50.2 Å². The van der Waals surface area contributed by atoms with Gasteiger partial charge in [0.1, 0.15) is 11.5 Å². The van der Waals surface area contributed by atoms with Gasteiger partial charge in [-0.05, 0) is 56.2 Å². The summed E-state index contributed by atoms with van der Waals surface area (Å²) in [4.78, 5) is 8.51. The summed E-state index contributed by atoms with van der Waals surface area (Å²) in [5.41, 5.74) is 1.05. The maximum Gasteiger partial charge on any atom is 0.219 e. The van der Waals surface area contributed by atoms with Gasteiger partial charge in [-0.25, -0.2) is 4.98 Å². The maximum absolute atomic E-state index is 5.83. The van der Waals surface area contributed by atoms with Crippen LogP contribution in [0.15, 0.2) is 47.6 Å². The highest BCUT2D eigenvalue weighted by atomic mass is 127. The lowest BCUT2D eigenvalue weighted by molar-refractivity contribution is 0.145. The van der Waals surface area contributed by atoms with Crippen LogP contribution in [-0.2, 0) is 11.3 Å². The first-order valence-corrected chi connectivity index (χ1v) is 9.63. The molecule has 29 heavy (non-hydrogen) atoms. The summed E-state index contributed by atoms with van der Waals surface area (Å²) in [6.45, 7) is 7.51. The van der Waals surface area contributed by atoms with Gasteiger partial charge in [-0.3, -0.25) is 4.99 Å². The molecule has 2 aromatic rings. The summed E-state index contributed by atoms with van der Waals surface area (Å²) in [7, 11) is 1.75. The first-order chi connectivity index (χ1) is 13.7. The van der Waals surface area contributed by atoms with Gasteiger partial charge >= 0.3 is 0 Å². The fourth-order valence-corrected chi connectivity index (χ4v) is 2.44. The third-order valence-corrected chi connectivity index (χ3v) is 3.80. The molecular formula is C21H31IN4O3. The lowest BCUT2D eigenvalue weighted by Crippen LogP contribution is -2.37. The highest BCUT2D eigenvalue weighted by Crippen LogP contribution is 2.23. The summed E-state index contributed by atoms with van der Waals surface area (Å²) in [6, 6.07) is 11.3. The predicted octanol–water partition coefficient (Wildman–Crippen LogP) is 3.98. The maximum atomic E-state index is 5.83. The molecule has 160 valence electrons. The molecule has 2 rings (SSSR count). The van der Waals surface area contributed by atoms with Crippen LogP contribution in [-0.4, -0.2) is 44.4 Å². The summed E-state index contributed by atoms with van der Waals surface area (Å²) in [5, 5.41) is 6.56. The normalized spacial score (nSPS) is 10.8. The van der Waals surface area contributed by atoms with Gasteiger partial charge in [-0.1, -0.05) is 0 Å². The van der Waals surface area contributed by atoms with Crippen molar-refractivity contribution >= 4 is 29.9 Å². The zero-order valence-electron chi connectivity index (χ0n) is 17.3. The number of nitrogens with one attached hydrogen (secondary N) is 2. The fourth-order valence-electron chi connectivity index (χ4n) is 2.44. The first-order valence-electron chi connectivity index (χ1n) is 9.63. The van der Waals surface area contributed by atoms with Crippen molar-refractivity contribution in [3.8, 4) is 17.4 Å². The molecule has 1 heterocycles. The monoisotopic (exact) mass is 514 g/mol. The van der Waals surface area contributed by atoms with Crippen molar-refractivity contribution in [2.24, 2.45) is 4.99 Å². The number of hydrogen-bond acceptors (Lipinski definition) is 5. The van der Waals surface area contributed by atoms with Gasteiger partial charge in [-0.2, -0.15) is 0 Å². The van der Waals surface area contributed by atoms with Crippen molar-refractivity contribution in [3.05, 3.63) is 48.2 Å². The third-order valence-electron chi connectivity index (χ3n) is 3.80. The van der Waals surface area contributed by atoms with Crippen molar-refractivity contribution < 1.29 is 14.2 Å². The molecule has 0 radical (unpaired) electrons. The van der Waals surface area contributed by atoms with E-state index in [9.17, 15) is 0 Å². The molecule has 0 bridgehead atoms. The van der Waals surface area contributed by atoms with E-state index in [0.717, 1.165) is 43.5 Å². The molecule has 0 saturated carbocycles. The largest absolute Gasteiger partial charge is 0.494 e. The molecule has 0 aliphatic heterocycles. The number of aromatic nitrogens is 1. The fraction of sp³-hybridized carbons (Fsp3) is 0.429. The van der Waals surface area contributed by atoms with E-state index >= 15 is 0 Å². The molecule has 7 nitrogen and oxygen atoms in total. The number of rotatable bonds is 11. The zero-order chi connectivity index (χ0) is 20.0. The quantitative estimate of drug-likeness (QED) is 0.205. The molecule has 1 aromatic heterocycles. The van der Waals surface area contributed by atoms with E-state index in [-0.39, 0.29) is 24.0 Å². The van der Waals surface area contributed by atoms with Gasteiger partial charge in [0, 0.05) is 45.6 Å². The second kappa shape index (κ2) is 14.9. The minimum Gasteiger partial charge on any atom is -0.494 e. The molecule has 0 unspecified atom stereocenters. The minimum atomic E-state index is 0. The Morgan fingerprint density at radius 1 is 1.03 bits per heavy atom. The van der Waals surface area contributed by atoms with Crippen molar-refractivity contribution in [3.63, 3.8) is 0 Å². The van der Waals surface area contributed by atoms with Gasteiger partial charge in [0.15, 0.2) is 5.96 Å². The van der Waals surface area contributed by atoms with E-state index in [0.29, 0.717) is 24.8 Å². The zero-order valence-corrected chi connectivity index (χ0v) is 19.6. The second-order valence-electron chi connectivity index (χ2n) is 5.91. The van der Waals surface area contributed by atoms with E-state index < -0.39 is 0 Å². The molecule has 8 heteroatoms. The Balaban J connectivity index is 0.00000420. The summed E-state index contributed by atoms with van der Waals surface area (Å²) in [5.74, 6) is 2.83. The molecule has 0 fully saturated rings. The Kier molecular flexibility index (Phi) is 12.8. The topological polar surface area (TPSA) is 77.0 Å². The van der Waals surface area contributed by atoms with Crippen molar-refractivity contribution in [2.45, 2.75) is 26.8 Å². The molecule has 2 N–H and O–H groups in total. The van der Waals surface area contributed by atoms with Gasteiger partial charge in [0.2, 0.25) is 5.88 Å². The van der Waals surface area contributed by atoms with Crippen molar-refractivity contribution in [1.29, 1.82) is 0 Å². The molecule has 0 aliphatic carbocycles. The number of benzene rings is 1. The lowest BCUT2D eigenvalue weighted by Gasteiger charge is -2.12. The smallest absolute Gasteiger partial charge is 0.219 e. The van der Waals surface area contributed by atoms with Crippen LogP contribution in [0.2, 0.25) is 0 Å². The standard InChI is InChI=1S/C21H30N4O3.HI/c1-4-26-14-6-12-24-21(22-3)25-16-17-11-13-23-20(15-17)28-19-9-7-18(8-10-19)27-5-2;/h7-11,13,15H,4-6,12,14,16H2,1-3H3,(H2,22,24,25);1H. The van der Waals surface area contributed by atoms with Gasteiger partial charge < -0.3 is 24.8 Å². The number of halogens is 1. The van der Waals surface area contributed by atoms with Crippen LogP contribution in [0.5, 0.6) is 17.4 Å². The van der Waals surface area contributed by atoms with Gasteiger partial charge in [0.25, 0.3) is 0 Å². The number of hydrogen-bond donors (Lipinski definition) is 2. The van der Waals surface area contributed by atoms with Crippen LogP contribution in [0.1, 0.15) is 25.8 Å². The number of pyridine rings is 1. The Bertz CT molecular complexity index is 726. The Labute approximate surface area is 190 Å². The predicted molar refractivity (Wildman–Crippen MR) is 127 cm³/mol. The first kappa shape index (κ1) is 25.0. The van der Waals surface area contributed by atoms with E-state index in [2.05, 4.69) is 20.6 Å². The van der Waals surface area contributed by atoms with Crippen LogP contribution in [0.4, 0.5) is 0 Å². The SMILES string of the molecule is CCOCCCNC(=NC)NCc1ccnc(Oc2ccc(OCC)cc2)c1.I. The van der Waals surface area contributed by atoms with Gasteiger partial charge in [-0.15, -0.1) is 24.0 Å². The van der Waals surface area contributed by atoms with Crippen LogP contribution < -0.4 is 20.1 Å². The average Bonchev–Trinajstić information content (AvgIpc) is 2.72. The molecule has 0 spiro atoms. The molecule has 0 aliphatic rings. The van der Waals surface area contributed by atoms with E-state index in [1.54, 1.807) is 13.2 Å². The van der Waals surface area contributed by atoms with Gasteiger partial charge in [0.05, 0.1) is 6.61 Å². The number of guanidine groups is 1. The molecule has 0 saturated heterocycles. The lowest BCUT2D eigenvalue weighted by atomic mass is 10.2. The van der Waals surface area contributed by atoms with Crippen molar-refractivity contribution in [1.82, 2.24) is 15.6 Å². The van der Waals surface area contributed by atoms with Crippen LogP contribution in [0.25, 0.3) is 0 Å². The van der Waals surface area contributed by atoms with E-state index in [1.165, 1.54) is 0 Å². The average molecular weight is 514 g/mol. The second-order valence-corrected chi connectivity index (χ2v) is 5.91. The highest BCUT2D eigenvalue weighted by molar-refractivity contribution is 14.0. The Morgan fingerprint density at radius 3 is 2.48 bits per heavy atom. The Morgan fingerprint density at radius 2 is 1.79 bits per heavy atom. The third kappa shape index (κ3) is 9.80. The molecular weight excluding hydrogens is 483 g/mol. The van der Waals surface area contributed by atoms with Crippen LogP contribution >= 0.6 is 24.0 Å².